The molecule has 0 spiro atoms. The molecule has 0 amide bonds. The first-order chi connectivity index (χ1) is 4.31. The van der Waals surface area contributed by atoms with E-state index in [0.717, 1.165) is 6.04 Å². The molecular formula is C4H10Cl4Si2. The fourth-order valence-corrected chi connectivity index (χ4v) is 6.55. The van der Waals surface area contributed by atoms with E-state index < -0.39 is 10.5 Å². The van der Waals surface area contributed by atoms with Crippen LogP contribution in [0.1, 0.15) is 6.92 Å². The molecule has 0 aliphatic heterocycles. The lowest BCUT2D eigenvalue weighted by molar-refractivity contribution is 0.966. The lowest BCUT2D eigenvalue weighted by Crippen LogP contribution is -2.39. The van der Waals surface area contributed by atoms with Crippen LogP contribution in [-0.2, 0) is 0 Å². The van der Waals surface area contributed by atoms with Gasteiger partial charge in [-0.05, 0) is 13.0 Å². The summed E-state index contributed by atoms with van der Waals surface area (Å²) >= 11 is 23.3. The Morgan fingerprint density at radius 3 is 1.90 bits per heavy atom. The summed E-state index contributed by atoms with van der Waals surface area (Å²) in [5.41, 5.74) is 0. The molecule has 0 heterocycles. The molecule has 0 bridgehead atoms. The molecule has 0 radical (unpaired) electrons. The molecule has 6 heteroatoms. The van der Waals surface area contributed by atoms with E-state index in [2.05, 4.69) is 6.55 Å². The molecule has 0 N–H and O–H groups in total. The van der Waals surface area contributed by atoms with Crippen molar-refractivity contribution in [2.24, 2.45) is 0 Å². The standard InChI is InChI=1S/C4H10Cl4Si2/c1-4(5,3-9-2)10(6,7)8/h3,9H2,1-2H3. The third kappa shape index (κ3) is 3.33. The summed E-state index contributed by atoms with van der Waals surface area (Å²) in [6, 6.07) is -1.79. The van der Waals surface area contributed by atoms with Gasteiger partial charge in [0.25, 0.3) is 0 Å². The van der Waals surface area contributed by atoms with Gasteiger partial charge in [-0.1, -0.05) is 6.55 Å². The third-order valence-corrected chi connectivity index (χ3v) is 10.7. The smallest absolute Gasteiger partial charge is 0.124 e. The van der Waals surface area contributed by atoms with Gasteiger partial charge in [-0.15, -0.1) is 44.8 Å². The molecule has 0 nitrogen and oxygen atoms in total. The van der Waals surface area contributed by atoms with Crippen LogP contribution in [0.5, 0.6) is 0 Å². The Balaban J connectivity index is 4.10. The van der Waals surface area contributed by atoms with Gasteiger partial charge in [0, 0.05) is 9.52 Å². The number of alkyl halides is 1. The van der Waals surface area contributed by atoms with Crippen LogP contribution >= 0.6 is 44.8 Å². The van der Waals surface area contributed by atoms with E-state index in [9.17, 15) is 0 Å². The van der Waals surface area contributed by atoms with Crippen LogP contribution in [0.3, 0.4) is 0 Å². The van der Waals surface area contributed by atoms with Gasteiger partial charge >= 0.3 is 6.00 Å². The molecule has 0 saturated carbocycles. The maximum atomic E-state index is 6.01. The van der Waals surface area contributed by atoms with Crippen molar-refractivity contribution in [1.29, 1.82) is 0 Å². The lowest BCUT2D eigenvalue weighted by Gasteiger charge is -2.26. The summed E-state index contributed by atoms with van der Waals surface area (Å²) in [5.74, 6) is 0. The highest BCUT2D eigenvalue weighted by Gasteiger charge is 2.45. The molecule has 0 aliphatic carbocycles. The second-order valence-electron chi connectivity index (χ2n) is 2.45. The van der Waals surface area contributed by atoms with Crippen molar-refractivity contribution in [3.05, 3.63) is 0 Å². The van der Waals surface area contributed by atoms with Gasteiger partial charge in [0.05, 0.1) is 4.50 Å². The van der Waals surface area contributed by atoms with Crippen LogP contribution in [0.25, 0.3) is 0 Å². The first-order valence-electron chi connectivity index (χ1n) is 3.07. The Hall–Kier alpha value is 1.59. The molecular weight excluding hydrogens is 246 g/mol. The zero-order valence-electron chi connectivity index (χ0n) is 5.93. The Bertz CT molecular complexity index is 108. The van der Waals surface area contributed by atoms with Crippen molar-refractivity contribution in [2.45, 2.75) is 24.0 Å². The summed E-state index contributed by atoms with van der Waals surface area (Å²) < 4.78 is -0.543. The SMILES string of the molecule is C[SiH2]CC(C)(Cl)[Si](Cl)(Cl)Cl. The lowest BCUT2D eigenvalue weighted by atomic mass is 10.5. The van der Waals surface area contributed by atoms with E-state index in [1.165, 1.54) is 0 Å². The van der Waals surface area contributed by atoms with Crippen molar-refractivity contribution >= 4 is 60.4 Å². The summed E-state index contributed by atoms with van der Waals surface area (Å²) in [6.07, 6.45) is 0. The first-order valence-corrected chi connectivity index (χ1v) is 10.9. The van der Waals surface area contributed by atoms with Crippen LogP contribution in [0.2, 0.25) is 12.6 Å². The monoisotopic (exact) mass is 254 g/mol. The highest BCUT2D eigenvalue weighted by atomic mass is 35.8. The fraction of sp³-hybridized carbons (Fsp3) is 1.00. The van der Waals surface area contributed by atoms with Gasteiger partial charge in [-0.25, -0.2) is 0 Å². The maximum Gasteiger partial charge on any atom is 0.360 e. The Morgan fingerprint density at radius 1 is 1.40 bits per heavy atom. The molecule has 0 aromatic rings. The van der Waals surface area contributed by atoms with Gasteiger partial charge in [0.15, 0.2) is 0 Å². The van der Waals surface area contributed by atoms with Crippen LogP contribution in [0.15, 0.2) is 0 Å². The topological polar surface area (TPSA) is 0 Å². The molecule has 10 heavy (non-hydrogen) atoms. The average Bonchev–Trinajstić information content (AvgIpc) is 1.61. The Kier molecular flexibility index (Phi) is 4.65. The van der Waals surface area contributed by atoms with Crippen LogP contribution < -0.4 is 0 Å². The second kappa shape index (κ2) is 4.01. The van der Waals surface area contributed by atoms with Crippen LogP contribution in [-0.4, -0.2) is 20.0 Å². The van der Waals surface area contributed by atoms with Gasteiger partial charge in [0.1, 0.15) is 0 Å². The van der Waals surface area contributed by atoms with Crippen molar-refractivity contribution in [2.75, 3.05) is 0 Å². The van der Waals surface area contributed by atoms with Crippen molar-refractivity contribution in [3.63, 3.8) is 0 Å². The number of hydrogen-bond acceptors (Lipinski definition) is 0. The second-order valence-corrected chi connectivity index (χ2v) is 14.0. The van der Waals surface area contributed by atoms with Crippen molar-refractivity contribution < 1.29 is 0 Å². The van der Waals surface area contributed by atoms with Gasteiger partial charge in [-0.3, -0.25) is 0 Å². The number of hydrogen-bond donors (Lipinski definition) is 0. The predicted molar refractivity (Wildman–Crippen MR) is 56.8 cm³/mol. The summed E-state index contributed by atoms with van der Waals surface area (Å²) in [5, 5.41) is 0. The number of halogens is 4. The fourth-order valence-electron chi connectivity index (χ4n) is 0.611. The molecule has 0 saturated heterocycles. The molecule has 0 rings (SSSR count). The minimum absolute atomic E-state index is 0.121. The molecule has 1 atom stereocenters. The van der Waals surface area contributed by atoms with E-state index >= 15 is 0 Å². The minimum atomic E-state index is -2.69. The van der Waals surface area contributed by atoms with Crippen LogP contribution in [0, 0.1) is 0 Å². The number of rotatable bonds is 3. The highest BCUT2D eigenvalue weighted by molar-refractivity contribution is 7.67. The van der Waals surface area contributed by atoms with E-state index in [-0.39, 0.29) is 9.52 Å². The van der Waals surface area contributed by atoms with Gasteiger partial charge in [-0.2, -0.15) is 0 Å². The molecule has 0 aromatic carbocycles. The first kappa shape index (κ1) is 11.6. The molecule has 0 aliphatic rings. The third-order valence-electron chi connectivity index (χ3n) is 1.31. The van der Waals surface area contributed by atoms with E-state index in [4.69, 9.17) is 44.8 Å². The zero-order valence-corrected chi connectivity index (χ0v) is 11.4. The summed E-state index contributed by atoms with van der Waals surface area (Å²) in [4.78, 5) is 0. The summed E-state index contributed by atoms with van der Waals surface area (Å²) in [7, 11) is -0.121. The van der Waals surface area contributed by atoms with Crippen molar-refractivity contribution in [3.8, 4) is 0 Å². The maximum absolute atomic E-state index is 6.01. The van der Waals surface area contributed by atoms with E-state index in [1.807, 2.05) is 6.92 Å². The minimum Gasteiger partial charge on any atom is -0.124 e. The Morgan fingerprint density at radius 2 is 1.80 bits per heavy atom. The van der Waals surface area contributed by atoms with Crippen molar-refractivity contribution in [1.82, 2.24) is 0 Å². The molecule has 1 unspecified atom stereocenters. The Labute approximate surface area is 84.1 Å². The largest absolute Gasteiger partial charge is 0.360 e. The quantitative estimate of drug-likeness (QED) is 0.414. The van der Waals surface area contributed by atoms with E-state index in [1.54, 1.807) is 0 Å². The average molecular weight is 256 g/mol. The molecule has 62 valence electrons. The van der Waals surface area contributed by atoms with Gasteiger partial charge < -0.3 is 0 Å². The molecule has 0 aromatic heterocycles. The predicted octanol–water partition coefficient (Wildman–Crippen LogP) is 2.81. The molecule has 0 fully saturated rings. The van der Waals surface area contributed by atoms with Gasteiger partial charge in [0.2, 0.25) is 0 Å². The van der Waals surface area contributed by atoms with Crippen LogP contribution in [0.4, 0.5) is 0 Å². The van der Waals surface area contributed by atoms with E-state index in [0.29, 0.717) is 0 Å². The summed E-state index contributed by atoms with van der Waals surface area (Å²) in [6.45, 7) is 3.98. The highest BCUT2D eigenvalue weighted by Crippen LogP contribution is 2.40. The normalized spacial score (nSPS) is 19.8. The zero-order chi connectivity index (χ0) is 8.41.